The highest BCUT2D eigenvalue weighted by Crippen LogP contribution is 2.27. The molecular formula is C15H22N2O. The molecule has 18 heavy (non-hydrogen) atoms. The van der Waals surface area contributed by atoms with Crippen molar-refractivity contribution < 1.29 is 4.79 Å². The van der Waals surface area contributed by atoms with Gasteiger partial charge in [-0.1, -0.05) is 39.0 Å². The summed E-state index contributed by atoms with van der Waals surface area (Å²) in [5.74, 6) is 0.652. The first-order valence-electron chi connectivity index (χ1n) is 6.68. The number of hydrogen-bond donors (Lipinski definition) is 1. The minimum Gasteiger partial charge on any atom is -0.334 e. The molecule has 0 spiro atoms. The Morgan fingerprint density at radius 3 is 2.61 bits per heavy atom. The van der Waals surface area contributed by atoms with E-state index < -0.39 is 0 Å². The molecule has 3 heteroatoms. The molecule has 2 N–H and O–H groups in total. The van der Waals surface area contributed by atoms with Gasteiger partial charge >= 0.3 is 0 Å². The van der Waals surface area contributed by atoms with Crippen LogP contribution in [0, 0.1) is 5.92 Å². The highest BCUT2D eigenvalue weighted by atomic mass is 16.2. The van der Waals surface area contributed by atoms with Crippen LogP contribution in [0.1, 0.15) is 49.9 Å². The molecule has 0 radical (unpaired) electrons. The summed E-state index contributed by atoms with van der Waals surface area (Å²) >= 11 is 0. The van der Waals surface area contributed by atoms with Crippen molar-refractivity contribution in [2.45, 2.75) is 46.3 Å². The minimum atomic E-state index is 0.0752. The van der Waals surface area contributed by atoms with Crippen molar-refractivity contribution >= 4 is 5.91 Å². The fourth-order valence-corrected chi connectivity index (χ4v) is 2.41. The number of hydrogen-bond acceptors (Lipinski definition) is 2. The Morgan fingerprint density at radius 2 is 2.00 bits per heavy atom. The average molecular weight is 246 g/mol. The molecule has 1 unspecified atom stereocenters. The van der Waals surface area contributed by atoms with Crippen LogP contribution >= 0.6 is 0 Å². The first kappa shape index (κ1) is 13.1. The third-order valence-electron chi connectivity index (χ3n) is 3.71. The summed E-state index contributed by atoms with van der Waals surface area (Å²) in [5, 5.41) is 0. The maximum absolute atomic E-state index is 11.7. The summed E-state index contributed by atoms with van der Waals surface area (Å²) in [6.07, 6.45) is 0.576. The van der Waals surface area contributed by atoms with Crippen LogP contribution in [0.15, 0.2) is 18.2 Å². The maximum Gasteiger partial charge on any atom is 0.222 e. The molecule has 1 heterocycles. The molecule has 1 aromatic rings. The van der Waals surface area contributed by atoms with Gasteiger partial charge in [-0.3, -0.25) is 4.79 Å². The minimum absolute atomic E-state index is 0.0752. The number of nitrogens with two attached hydrogens (primary N) is 1. The van der Waals surface area contributed by atoms with Crippen LogP contribution in [0.2, 0.25) is 0 Å². The van der Waals surface area contributed by atoms with Crippen LogP contribution in [0.3, 0.4) is 0 Å². The Labute approximate surface area is 109 Å². The van der Waals surface area contributed by atoms with Crippen LogP contribution in [-0.4, -0.2) is 10.8 Å². The maximum atomic E-state index is 11.7. The first-order valence-corrected chi connectivity index (χ1v) is 6.68. The number of carbonyl (C=O) groups is 1. The SMILES string of the molecule is CCC(=O)N1Cc2ccc(C(N)C(C)C)cc2C1. The lowest BCUT2D eigenvalue weighted by Gasteiger charge is -2.16. The summed E-state index contributed by atoms with van der Waals surface area (Å²) in [4.78, 5) is 13.6. The van der Waals surface area contributed by atoms with Gasteiger partial charge in [0.1, 0.15) is 0 Å². The molecular weight excluding hydrogens is 224 g/mol. The third kappa shape index (κ3) is 2.41. The molecule has 0 aromatic heterocycles. The van der Waals surface area contributed by atoms with E-state index in [0.29, 0.717) is 12.3 Å². The zero-order chi connectivity index (χ0) is 13.3. The van der Waals surface area contributed by atoms with Gasteiger partial charge in [0.05, 0.1) is 0 Å². The van der Waals surface area contributed by atoms with Gasteiger partial charge < -0.3 is 10.6 Å². The number of amides is 1. The lowest BCUT2D eigenvalue weighted by molar-refractivity contribution is -0.131. The third-order valence-corrected chi connectivity index (χ3v) is 3.71. The predicted molar refractivity (Wildman–Crippen MR) is 72.8 cm³/mol. The van der Waals surface area contributed by atoms with Crippen LogP contribution in [0.4, 0.5) is 0 Å². The molecule has 1 amide bonds. The molecule has 1 atom stereocenters. The molecule has 0 fully saturated rings. The van der Waals surface area contributed by atoms with Gasteiger partial charge in [0.15, 0.2) is 0 Å². The van der Waals surface area contributed by atoms with Gasteiger partial charge in [-0.05, 0) is 22.6 Å². The number of rotatable bonds is 3. The van der Waals surface area contributed by atoms with Crippen LogP contribution in [-0.2, 0) is 17.9 Å². The molecule has 0 aliphatic carbocycles. The second kappa shape index (κ2) is 5.11. The van der Waals surface area contributed by atoms with Gasteiger partial charge in [-0.15, -0.1) is 0 Å². The summed E-state index contributed by atoms with van der Waals surface area (Å²) < 4.78 is 0. The summed E-state index contributed by atoms with van der Waals surface area (Å²) in [7, 11) is 0. The Morgan fingerprint density at radius 1 is 1.33 bits per heavy atom. The van der Waals surface area contributed by atoms with E-state index >= 15 is 0 Å². The lowest BCUT2D eigenvalue weighted by Crippen LogP contribution is -2.24. The van der Waals surface area contributed by atoms with Crippen LogP contribution in [0.25, 0.3) is 0 Å². The second-order valence-electron chi connectivity index (χ2n) is 5.40. The van der Waals surface area contributed by atoms with Crippen molar-refractivity contribution in [3.8, 4) is 0 Å². The lowest BCUT2D eigenvalue weighted by atomic mass is 9.94. The molecule has 1 aromatic carbocycles. The first-order chi connectivity index (χ1) is 8.52. The zero-order valence-electron chi connectivity index (χ0n) is 11.4. The summed E-state index contributed by atoms with van der Waals surface area (Å²) in [6, 6.07) is 6.47. The monoisotopic (exact) mass is 246 g/mol. The smallest absolute Gasteiger partial charge is 0.222 e. The molecule has 1 aliphatic heterocycles. The van der Waals surface area contributed by atoms with Gasteiger partial charge in [0.25, 0.3) is 0 Å². The standard InChI is InChI=1S/C15H22N2O/c1-4-14(18)17-8-12-6-5-11(7-13(12)9-17)15(16)10(2)3/h5-7,10,15H,4,8-9,16H2,1-3H3. The van der Waals surface area contributed by atoms with Crippen molar-refractivity contribution in [3.05, 3.63) is 34.9 Å². The fraction of sp³-hybridized carbons (Fsp3) is 0.533. The van der Waals surface area contributed by atoms with E-state index in [2.05, 4.69) is 32.0 Å². The average Bonchev–Trinajstić information content (AvgIpc) is 2.79. The Hall–Kier alpha value is -1.35. The predicted octanol–water partition coefficient (Wildman–Crippen LogP) is 2.59. The van der Waals surface area contributed by atoms with Gasteiger partial charge in [-0.2, -0.15) is 0 Å². The van der Waals surface area contributed by atoms with Gasteiger partial charge in [0, 0.05) is 25.6 Å². The Bertz CT molecular complexity index is 454. The van der Waals surface area contributed by atoms with E-state index in [0.717, 1.165) is 13.1 Å². The number of nitrogens with zero attached hydrogens (tertiary/aromatic N) is 1. The van der Waals surface area contributed by atoms with E-state index in [4.69, 9.17) is 5.73 Å². The molecule has 0 saturated heterocycles. The highest BCUT2D eigenvalue weighted by molar-refractivity contribution is 5.76. The van der Waals surface area contributed by atoms with Crippen LogP contribution in [0.5, 0.6) is 0 Å². The molecule has 2 rings (SSSR count). The number of benzene rings is 1. The quantitative estimate of drug-likeness (QED) is 0.891. The van der Waals surface area contributed by atoms with E-state index in [9.17, 15) is 4.79 Å². The van der Waals surface area contributed by atoms with E-state index in [1.54, 1.807) is 0 Å². The van der Waals surface area contributed by atoms with Crippen LogP contribution < -0.4 is 5.73 Å². The molecule has 3 nitrogen and oxygen atoms in total. The van der Waals surface area contributed by atoms with E-state index in [-0.39, 0.29) is 11.9 Å². The van der Waals surface area contributed by atoms with E-state index in [1.165, 1.54) is 16.7 Å². The normalized spacial score (nSPS) is 15.9. The van der Waals surface area contributed by atoms with Crippen molar-refractivity contribution in [1.29, 1.82) is 0 Å². The largest absolute Gasteiger partial charge is 0.334 e. The number of carbonyl (C=O) groups excluding carboxylic acids is 1. The summed E-state index contributed by atoms with van der Waals surface area (Å²) in [6.45, 7) is 7.65. The van der Waals surface area contributed by atoms with Crippen molar-refractivity contribution in [3.63, 3.8) is 0 Å². The molecule has 1 aliphatic rings. The number of fused-ring (bicyclic) bond motifs is 1. The highest BCUT2D eigenvalue weighted by Gasteiger charge is 2.23. The van der Waals surface area contributed by atoms with Gasteiger partial charge in [0.2, 0.25) is 5.91 Å². The topological polar surface area (TPSA) is 46.3 Å². The molecule has 0 bridgehead atoms. The Balaban J connectivity index is 2.19. The van der Waals surface area contributed by atoms with E-state index in [1.807, 2.05) is 11.8 Å². The summed E-state index contributed by atoms with van der Waals surface area (Å²) in [5.41, 5.74) is 9.86. The molecule has 98 valence electrons. The van der Waals surface area contributed by atoms with Gasteiger partial charge in [-0.25, -0.2) is 0 Å². The second-order valence-corrected chi connectivity index (χ2v) is 5.40. The molecule has 0 saturated carbocycles. The van der Waals surface area contributed by atoms with Crippen molar-refractivity contribution in [2.24, 2.45) is 11.7 Å². The fourth-order valence-electron chi connectivity index (χ4n) is 2.41. The van der Waals surface area contributed by atoms with Crippen molar-refractivity contribution in [1.82, 2.24) is 4.90 Å². The Kier molecular flexibility index (Phi) is 3.71. The zero-order valence-corrected chi connectivity index (χ0v) is 11.4. The van der Waals surface area contributed by atoms with Crippen molar-refractivity contribution in [2.75, 3.05) is 0 Å².